The molecule has 3 fully saturated rings. The molecule has 234 valence electrons. The summed E-state index contributed by atoms with van der Waals surface area (Å²) in [6.07, 6.45) is 6.37. The van der Waals surface area contributed by atoms with Gasteiger partial charge in [0.2, 0.25) is 17.7 Å². The van der Waals surface area contributed by atoms with Crippen LogP contribution in [0.1, 0.15) is 49.8 Å². The average molecular weight is 599 g/mol. The second-order valence-electron chi connectivity index (χ2n) is 13.6. The molecule has 2 aromatic carbocycles. The zero-order valence-electron chi connectivity index (χ0n) is 26.6. The van der Waals surface area contributed by atoms with Gasteiger partial charge in [0.1, 0.15) is 11.6 Å². The predicted octanol–water partition coefficient (Wildman–Crippen LogP) is 4.47. The monoisotopic (exact) mass is 598 g/mol. The predicted molar refractivity (Wildman–Crippen MR) is 171 cm³/mol. The molecule has 0 aromatic heterocycles. The van der Waals surface area contributed by atoms with Gasteiger partial charge < -0.3 is 25.2 Å². The molecule has 3 aliphatic heterocycles. The minimum absolute atomic E-state index is 0.0471. The molecule has 4 aliphatic rings. The van der Waals surface area contributed by atoms with E-state index in [1.807, 2.05) is 69.4 Å². The first-order valence-corrected chi connectivity index (χ1v) is 16.2. The van der Waals surface area contributed by atoms with E-state index in [1.165, 1.54) is 5.56 Å². The molecule has 8 heteroatoms. The van der Waals surface area contributed by atoms with Crippen LogP contribution in [0.2, 0.25) is 0 Å². The summed E-state index contributed by atoms with van der Waals surface area (Å²) in [7, 11) is 2.02. The van der Waals surface area contributed by atoms with Gasteiger partial charge in [0, 0.05) is 31.4 Å². The van der Waals surface area contributed by atoms with Crippen molar-refractivity contribution in [3.63, 3.8) is 0 Å². The van der Waals surface area contributed by atoms with Crippen LogP contribution in [0.3, 0.4) is 0 Å². The summed E-state index contributed by atoms with van der Waals surface area (Å²) >= 11 is 0. The lowest BCUT2D eigenvalue weighted by atomic mass is 9.73. The molecule has 8 nitrogen and oxygen atoms in total. The molecule has 2 N–H and O–H groups in total. The van der Waals surface area contributed by atoms with Gasteiger partial charge in [0.15, 0.2) is 0 Å². The van der Waals surface area contributed by atoms with Gasteiger partial charge in [0.25, 0.3) is 0 Å². The Morgan fingerprint density at radius 3 is 2.57 bits per heavy atom. The molecule has 2 saturated heterocycles. The van der Waals surface area contributed by atoms with Crippen LogP contribution >= 0.6 is 0 Å². The molecule has 6 rings (SSSR count). The van der Waals surface area contributed by atoms with E-state index in [0.29, 0.717) is 30.6 Å². The molecular weight excluding hydrogens is 552 g/mol. The lowest BCUT2D eigenvalue weighted by Crippen LogP contribution is -2.58. The number of rotatable bonds is 9. The number of carbonyl (C=O) groups is 3. The summed E-state index contributed by atoms with van der Waals surface area (Å²) in [5.74, 6) is -1.23. The normalized spacial score (nSPS) is 32.3. The summed E-state index contributed by atoms with van der Waals surface area (Å²) in [4.78, 5) is 46.3. The Balaban J connectivity index is 1.26. The first-order valence-electron chi connectivity index (χ1n) is 16.2. The molecule has 6 unspecified atom stereocenters. The van der Waals surface area contributed by atoms with Crippen molar-refractivity contribution in [3.05, 3.63) is 77.4 Å². The van der Waals surface area contributed by atoms with E-state index in [4.69, 9.17) is 4.74 Å². The summed E-state index contributed by atoms with van der Waals surface area (Å²) in [5, 5.41) is 6.39. The SMILES string of the molecule is Cc1ccc(NC(=O)C2[C@@H]3C=CC4(O3)C(C(=O)NC3CCCC(C)C3C)N(CCN(C)Cc3ccccc3)C(=O)[C@H]24)cc1C. The van der Waals surface area contributed by atoms with Gasteiger partial charge in [-0.05, 0) is 68.0 Å². The Kier molecular flexibility index (Phi) is 8.42. The number of amides is 3. The summed E-state index contributed by atoms with van der Waals surface area (Å²) < 4.78 is 6.56. The van der Waals surface area contributed by atoms with Crippen molar-refractivity contribution < 1.29 is 19.1 Å². The zero-order valence-corrected chi connectivity index (χ0v) is 26.6. The number of anilines is 1. The third-order valence-electron chi connectivity index (χ3n) is 10.8. The fourth-order valence-electron chi connectivity index (χ4n) is 7.85. The van der Waals surface area contributed by atoms with Crippen molar-refractivity contribution in [1.29, 1.82) is 0 Å². The van der Waals surface area contributed by atoms with Crippen molar-refractivity contribution in [2.75, 3.05) is 25.5 Å². The highest BCUT2D eigenvalue weighted by molar-refractivity contribution is 6.02. The highest BCUT2D eigenvalue weighted by atomic mass is 16.5. The van der Waals surface area contributed by atoms with Gasteiger partial charge in [-0.15, -0.1) is 0 Å². The minimum Gasteiger partial charge on any atom is -0.359 e. The first-order chi connectivity index (χ1) is 21.1. The first kappa shape index (κ1) is 30.5. The van der Waals surface area contributed by atoms with Crippen molar-refractivity contribution in [2.45, 2.75) is 77.3 Å². The molecular formula is C36H46N4O4. The number of hydrogen-bond donors (Lipinski definition) is 2. The lowest BCUT2D eigenvalue weighted by Gasteiger charge is -2.38. The molecule has 8 atom stereocenters. The van der Waals surface area contributed by atoms with Gasteiger partial charge >= 0.3 is 0 Å². The number of likely N-dealkylation sites (N-methyl/N-ethyl adjacent to an activating group) is 1. The van der Waals surface area contributed by atoms with Gasteiger partial charge in [-0.2, -0.15) is 0 Å². The van der Waals surface area contributed by atoms with Crippen LogP contribution in [0.4, 0.5) is 5.69 Å². The van der Waals surface area contributed by atoms with Crippen molar-refractivity contribution in [3.8, 4) is 0 Å². The molecule has 3 amide bonds. The number of hydrogen-bond acceptors (Lipinski definition) is 5. The maximum absolute atomic E-state index is 14.4. The Morgan fingerprint density at radius 2 is 1.82 bits per heavy atom. The number of likely N-dealkylation sites (tertiary alicyclic amines) is 1. The van der Waals surface area contributed by atoms with Gasteiger partial charge in [-0.1, -0.05) is 75.2 Å². The minimum atomic E-state index is -1.17. The van der Waals surface area contributed by atoms with Crippen molar-refractivity contribution >= 4 is 23.4 Å². The maximum atomic E-state index is 14.4. The third kappa shape index (κ3) is 5.47. The topological polar surface area (TPSA) is 91.0 Å². The molecule has 1 aliphatic carbocycles. The van der Waals surface area contributed by atoms with Crippen LogP contribution in [-0.2, 0) is 25.7 Å². The van der Waals surface area contributed by atoms with E-state index >= 15 is 0 Å². The van der Waals surface area contributed by atoms with E-state index in [9.17, 15) is 14.4 Å². The standard InChI is InChI=1S/C36H46N4O4/c1-22-14-15-27(20-24(22)3)37-33(41)30-29-16-17-36(44-29)31(30)35(43)40(19-18-39(5)21-26-11-7-6-8-12-26)32(36)34(42)38-28-13-9-10-23(2)25(28)4/h6-8,11-12,14-17,20,23,25,28-32H,9-10,13,18-19,21H2,1-5H3,(H,37,41)(H,38,42)/t23?,25?,28?,29-,30?,31-,32?,36?/m0/s1. The second kappa shape index (κ2) is 12.1. The fraction of sp³-hybridized carbons (Fsp3) is 0.528. The Morgan fingerprint density at radius 1 is 1.05 bits per heavy atom. The molecule has 2 aromatic rings. The number of nitrogens with zero attached hydrogens (tertiary/aromatic N) is 2. The number of ether oxygens (including phenoxy) is 1. The van der Waals surface area contributed by atoms with Crippen molar-refractivity contribution in [1.82, 2.24) is 15.1 Å². The number of nitrogens with one attached hydrogen (secondary N) is 2. The highest BCUT2D eigenvalue weighted by Crippen LogP contribution is 2.55. The highest BCUT2D eigenvalue weighted by Gasteiger charge is 2.72. The smallest absolute Gasteiger partial charge is 0.246 e. The van der Waals surface area contributed by atoms with Gasteiger partial charge in [-0.25, -0.2) is 0 Å². The van der Waals surface area contributed by atoms with Crippen LogP contribution in [0.25, 0.3) is 0 Å². The number of benzene rings is 2. The van der Waals surface area contributed by atoms with Crippen molar-refractivity contribution in [2.24, 2.45) is 23.7 Å². The number of carbonyl (C=O) groups excluding carboxylic acids is 3. The van der Waals surface area contributed by atoms with E-state index in [0.717, 1.165) is 36.9 Å². The van der Waals surface area contributed by atoms with Crippen LogP contribution in [0.15, 0.2) is 60.7 Å². The quantitative estimate of drug-likeness (QED) is 0.416. The van der Waals surface area contributed by atoms with Gasteiger partial charge in [-0.3, -0.25) is 14.4 Å². The largest absolute Gasteiger partial charge is 0.359 e. The Labute approximate surface area is 261 Å². The van der Waals surface area contributed by atoms with Crippen LogP contribution in [0.5, 0.6) is 0 Å². The Hall–Kier alpha value is -3.49. The molecule has 2 bridgehead atoms. The number of fused-ring (bicyclic) bond motifs is 1. The zero-order chi connectivity index (χ0) is 31.2. The van der Waals surface area contributed by atoms with E-state index < -0.39 is 29.6 Å². The molecule has 1 spiro atoms. The van der Waals surface area contributed by atoms with E-state index in [1.54, 1.807) is 4.90 Å². The molecule has 0 radical (unpaired) electrons. The lowest BCUT2D eigenvalue weighted by molar-refractivity contribution is -0.141. The van der Waals surface area contributed by atoms with Crippen LogP contribution in [-0.4, -0.2) is 71.4 Å². The summed E-state index contributed by atoms with van der Waals surface area (Å²) in [6.45, 7) is 10.2. The third-order valence-corrected chi connectivity index (χ3v) is 10.8. The maximum Gasteiger partial charge on any atom is 0.246 e. The van der Waals surface area contributed by atoms with E-state index in [-0.39, 0.29) is 23.8 Å². The molecule has 1 saturated carbocycles. The second-order valence-corrected chi connectivity index (χ2v) is 13.6. The summed E-state index contributed by atoms with van der Waals surface area (Å²) in [5.41, 5.74) is 2.93. The van der Waals surface area contributed by atoms with Gasteiger partial charge in [0.05, 0.1) is 17.9 Å². The van der Waals surface area contributed by atoms with E-state index in [2.05, 4.69) is 41.5 Å². The van der Waals surface area contributed by atoms with Crippen LogP contribution in [0, 0.1) is 37.5 Å². The Bertz CT molecular complexity index is 1440. The molecule has 44 heavy (non-hydrogen) atoms. The fourth-order valence-corrected chi connectivity index (χ4v) is 7.85. The summed E-state index contributed by atoms with van der Waals surface area (Å²) in [6, 6.07) is 15.2. The molecule has 3 heterocycles. The average Bonchev–Trinajstić information content (AvgIpc) is 3.64. The number of aryl methyl sites for hydroxylation is 2. The van der Waals surface area contributed by atoms with Crippen LogP contribution < -0.4 is 10.6 Å².